The van der Waals surface area contributed by atoms with Gasteiger partial charge in [-0.2, -0.15) is 0 Å². The number of aliphatic hydroxyl groups is 1. The van der Waals surface area contributed by atoms with Crippen LogP contribution in [-0.2, 0) is 0 Å². The monoisotopic (exact) mass is 247 g/mol. The Bertz CT molecular complexity index is 333. The van der Waals surface area contributed by atoms with E-state index in [-0.39, 0.29) is 18.2 Å². The van der Waals surface area contributed by atoms with Gasteiger partial charge in [0.25, 0.3) is 0 Å². The number of benzene rings is 1. The van der Waals surface area contributed by atoms with E-state index >= 15 is 0 Å². The van der Waals surface area contributed by atoms with Crippen molar-refractivity contribution in [1.82, 2.24) is 0 Å². The van der Waals surface area contributed by atoms with Gasteiger partial charge >= 0.3 is 0 Å². The fourth-order valence-corrected chi connectivity index (χ4v) is 1.59. The SMILES string of the molecule is CCC[C@H](O)[C@H](N)c1ccc(C)cc1F.Cl. The maximum atomic E-state index is 13.5. The van der Waals surface area contributed by atoms with Crippen LogP contribution in [0.15, 0.2) is 18.2 Å². The molecule has 2 atom stereocenters. The molecule has 3 N–H and O–H groups in total. The zero-order chi connectivity index (χ0) is 11.4. The van der Waals surface area contributed by atoms with Crippen LogP contribution >= 0.6 is 12.4 Å². The maximum absolute atomic E-state index is 13.5. The second-order valence-corrected chi connectivity index (χ2v) is 3.91. The van der Waals surface area contributed by atoms with Crippen LogP contribution in [0.5, 0.6) is 0 Å². The van der Waals surface area contributed by atoms with E-state index in [2.05, 4.69) is 0 Å². The molecule has 0 unspecified atom stereocenters. The van der Waals surface area contributed by atoms with Crippen molar-refractivity contribution in [1.29, 1.82) is 0 Å². The van der Waals surface area contributed by atoms with Crippen LogP contribution in [0.3, 0.4) is 0 Å². The number of nitrogens with two attached hydrogens (primary N) is 1. The number of hydrogen-bond donors (Lipinski definition) is 2. The van der Waals surface area contributed by atoms with Crippen molar-refractivity contribution in [2.45, 2.75) is 38.8 Å². The van der Waals surface area contributed by atoms with Crippen molar-refractivity contribution in [3.8, 4) is 0 Å². The Morgan fingerprint density at radius 2 is 2.06 bits per heavy atom. The first-order valence-corrected chi connectivity index (χ1v) is 5.26. The molecule has 2 nitrogen and oxygen atoms in total. The number of hydrogen-bond acceptors (Lipinski definition) is 2. The van der Waals surface area contributed by atoms with Gasteiger partial charge in [-0.25, -0.2) is 4.39 Å². The maximum Gasteiger partial charge on any atom is 0.128 e. The van der Waals surface area contributed by atoms with Crippen LogP contribution in [0.2, 0.25) is 0 Å². The van der Waals surface area contributed by atoms with Crippen molar-refractivity contribution in [3.05, 3.63) is 35.1 Å². The van der Waals surface area contributed by atoms with Crippen LogP contribution in [0.4, 0.5) is 4.39 Å². The van der Waals surface area contributed by atoms with Gasteiger partial charge in [0.2, 0.25) is 0 Å². The van der Waals surface area contributed by atoms with E-state index in [9.17, 15) is 9.50 Å². The normalized spacial score (nSPS) is 14.1. The van der Waals surface area contributed by atoms with Gasteiger partial charge in [0.1, 0.15) is 5.82 Å². The minimum atomic E-state index is -0.674. The van der Waals surface area contributed by atoms with Gasteiger partial charge in [0.05, 0.1) is 12.1 Å². The molecular formula is C12H19ClFNO. The Labute approximate surface area is 102 Å². The molecule has 0 fully saturated rings. The van der Waals surface area contributed by atoms with Crippen molar-refractivity contribution in [2.24, 2.45) is 5.73 Å². The van der Waals surface area contributed by atoms with Gasteiger partial charge in [0.15, 0.2) is 0 Å². The molecule has 1 aromatic carbocycles. The summed E-state index contributed by atoms with van der Waals surface area (Å²) in [4.78, 5) is 0. The molecule has 0 aromatic heterocycles. The lowest BCUT2D eigenvalue weighted by Gasteiger charge is -2.19. The standard InChI is InChI=1S/C12H18FNO.ClH/c1-3-4-11(15)12(14)9-6-5-8(2)7-10(9)13;/h5-7,11-12,15H,3-4,14H2,1-2H3;1H/t11-,12+;/m0./s1. The first kappa shape index (κ1) is 15.4. The zero-order valence-electron chi connectivity index (χ0n) is 9.61. The minimum Gasteiger partial charge on any atom is -0.391 e. The summed E-state index contributed by atoms with van der Waals surface area (Å²) in [5.74, 6) is -0.336. The van der Waals surface area contributed by atoms with E-state index in [1.54, 1.807) is 12.1 Å². The number of halogens is 2. The molecule has 0 bridgehead atoms. The molecule has 0 saturated carbocycles. The predicted octanol–water partition coefficient (Wildman–Crippen LogP) is 2.72. The smallest absolute Gasteiger partial charge is 0.128 e. The van der Waals surface area contributed by atoms with Crippen molar-refractivity contribution in [2.75, 3.05) is 0 Å². The zero-order valence-corrected chi connectivity index (χ0v) is 10.4. The van der Waals surface area contributed by atoms with Gasteiger partial charge < -0.3 is 10.8 Å². The molecule has 0 aliphatic carbocycles. The van der Waals surface area contributed by atoms with E-state index in [1.807, 2.05) is 13.8 Å². The average Bonchev–Trinajstić information content (AvgIpc) is 2.17. The molecule has 0 spiro atoms. The highest BCUT2D eigenvalue weighted by atomic mass is 35.5. The molecule has 0 heterocycles. The van der Waals surface area contributed by atoms with E-state index in [0.29, 0.717) is 12.0 Å². The molecule has 0 saturated heterocycles. The third kappa shape index (κ3) is 3.74. The van der Waals surface area contributed by atoms with E-state index < -0.39 is 12.1 Å². The topological polar surface area (TPSA) is 46.2 Å². The Hall–Kier alpha value is -0.640. The fourth-order valence-electron chi connectivity index (χ4n) is 1.59. The summed E-state index contributed by atoms with van der Waals surface area (Å²) >= 11 is 0. The summed E-state index contributed by atoms with van der Waals surface area (Å²) < 4.78 is 13.5. The first-order chi connectivity index (χ1) is 7.06. The quantitative estimate of drug-likeness (QED) is 0.860. The Balaban J connectivity index is 0.00000225. The van der Waals surface area contributed by atoms with Gasteiger partial charge in [-0.3, -0.25) is 0 Å². The number of rotatable bonds is 4. The summed E-state index contributed by atoms with van der Waals surface area (Å²) in [6.45, 7) is 3.78. The molecule has 0 aliphatic rings. The third-order valence-corrected chi connectivity index (χ3v) is 2.51. The molecule has 0 amide bonds. The van der Waals surface area contributed by atoms with Crippen LogP contribution in [-0.4, -0.2) is 11.2 Å². The summed E-state index contributed by atoms with van der Waals surface area (Å²) in [7, 11) is 0. The van der Waals surface area contributed by atoms with E-state index in [1.165, 1.54) is 6.07 Å². The molecule has 0 aliphatic heterocycles. The lowest BCUT2D eigenvalue weighted by atomic mass is 9.98. The van der Waals surface area contributed by atoms with E-state index in [0.717, 1.165) is 12.0 Å². The highest BCUT2D eigenvalue weighted by molar-refractivity contribution is 5.85. The van der Waals surface area contributed by atoms with E-state index in [4.69, 9.17) is 5.73 Å². The van der Waals surface area contributed by atoms with Crippen molar-refractivity contribution in [3.63, 3.8) is 0 Å². The minimum absolute atomic E-state index is 0. The lowest BCUT2D eigenvalue weighted by molar-refractivity contribution is 0.133. The summed E-state index contributed by atoms with van der Waals surface area (Å²) in [6.07, 6.45) is 0.754. The molecule has 16 heavy (non-hydrogen) atoms. The van der Waals surface area contributed by atoms with Crippen LogP contribution in [0.25, 0.3) is 0 Å². The highest BCUT2D eigenvalue weighted by Crippen LogP contribution is 2.21. The molecule has 92 valence electrons. The average molecular weight is 248 g/mol. The highest BCUT2D eigenvalue weighted by Gasteiger charge is 2.18. The predicted molar refractivity (Wildman–Crippen MR) is 66.2 cm³/mol. The van der Waals surface area contributed by atoms with Crippen molar-refractivity contribution < 1.29 is 9.50 Å². The molecule has 1 rings (SSSR count). The van der Waals surface area contributed by atoms with Gasteiger partial charge in [-0.1, -0.05) is 25.5 Å². The first-order valence-electron chi connectivity index (χ1n) is 5.26. The number of aliphatic hydroxyl groups excluding tert-OH is 1. The second-order valence-electron chi connectivity index (χ2n) is 3.91. The summed E-state index contributed by atoms with van der Waals surface area (Å²) in [6, 6.07) is 4.25. The van der Waals surface area contributed by atoms with Crippen LogP contribution in [0, 0.1) is 12.7 Å². The third-order valence-electron chi connectivity index (χ3n) is 2.51. The molecule has 1 aromatic rings. The summed E-state index contributed by atoms with van der Waals surface area (Å²) in [5, 5.41) is 9.67. The Morgan fingerprint density at radius 1 is 1.44 bits per heavy atom. The van der Waals surface area contributed by atoms with Gasteiger partial charge in [-0.05, 0) is 25.0 Å². The molecular weight excluding hydrogens is 229 g/mol. The fraction of sp³-hybridized carbons (Fsp3) is 0.500. The second kappa shape index (κ2) is 6.84. The van der Waals surface area contributed by atoms with Crippen LogP contribution in [0.1, 0.15) is 36.9 Å². The van der Waals surface area contributed by atoms with Gasteiger partial charge in [0, 0.05) is 5.56 Å². The molecule has 0 radical (unpaired) electrons. The Morgan fingerprint density at radius 3 is 2.56 bits per heavy atom. The van der Waals surface area contributed by atoms with Crippen LogP contribution < -0.4 is 5.73 Å². The number of aryl methyl sites for hydroxylation is 1. The Kier molecular flexibility index (Phi) is 6.56. The van der Waals surface area contributed by atoms with Gasteiger partial charge in [-0.15, -0.1) is 12.4 Å². The summed E-state index contributed by atoms with van der Waals surface area (Å²) in [5.41, 5.74) is 7.03. The lowest BCUT2D eigenvalue weighted by Crippen LogP contribution is -2.26. The largest absolute Gasteiger partial charge is 0.391 e. The van der Waals surface area contributed by atoms with Crippen molar-refractivity contribution >= 4 is 12.4 Å². The molecule has 4 heteroatoms.